The van der Waals surface area contributed by atoms with Gasteiger partial charge >= 0.3 is 11.9 Å². The lowest BCUT2D eigenvalue weighted by molar-refractivity contribution is -0.145. The zero-order valence-corrected chi connectivity index (χ0v) is 17.2. The number of allylic oxidation sites excluding steroid dienone is 3. The Morgan fingerprint density at radius 3 is 2.76 bits per heavy atom. The number of oxime groups is 1. The van der Waals surface area contributed by atoms with Crippen molar-refractivity contribution >= 4 is 29.3 Å². The number of ether oxygens (including phenoxy) is 2. The second-order valence-corrected chi connectivity index (χ2v) is 6.74. The van der Waals surface area contributed by atoms with E-state index in [-0.39, 0.29) is 36.0 Å². The van der Waals surface area contributed by atoms with Gasteiger partial charge in [-0.15, -0.1) is 0 Å². The largest absolute Gasteiger partial charge is 0.506 e. The summed E-state index contributed by atoms with van der Waals surface area (Å²) in [5.41, 5.74) is 1.62. The molecule has 1 N–H and O–H groups in total. The summed E-state index contributed by atoms with van der Waals surface area (Å²) in [5, 5.41) is 14.2. The molecule has 1 heterocycles. The minimum atomic E-state index is -0.570. The van der Waals surface area contributed by atoms with Gasteiger partial charge in [-0.1, -0.05) is 35.0 Å². The first kappa shape index (κ1) is 22.5. The van der Waals surface area contributed by atoms with Crippen LogP contribution in [0.25, 0.3) is 0 Å². The summed E-state index contributed by atoms with van der Waals surface area (Å²) in [6, 6.07) is 1.42. The molecule has 156 valence electrons. The molecule has 7 nitrogen and oxygen atoms in total. The van der Waals surface area contributed by atoms with Crippen molar-refractivity contribution in [2.75, 3.05) is 20.3 Å². The van der Waals surface area contributed by atoms with Gasteiger partial charge in [0.2, 0.25) is 6.61 Å². The molecular formula is C21H24ClNO6. The number of nitrogens with zero attached hydrogens (tertiary/aromatic N) is 1. The maximum atomic E-state index is 12.7. The highest BCUT2D eigenvalue weighted by Gasteiger charge is 2.22. The number of carbonyl (C=O) groups excluding carboxylic acids is 2. The molecule has 0 saturated carbocycles. The third-order valence-electron chi connectivity index (χ3n) is 4.19. The molecule has 1 aliphatic heterocycles. The lowest BCUT2D eigenvalue weighted by Gasteiger charge is -2.15. The quantitative estimate of drug-likeness (QED) is 0.452. The summed E-state index contributed by atoms with van der Waals surface area (Å²) in [6.07, 6.45) is 9.93. The summed E-state index contributed by atoms with van der Waals surface area (Å²) in [5.74, 6) is -1.23. The number of phenols is 1. The summed E-state index contributed by atoms with van der Waals surface area (Å²) < 4.78 is 9.89. The summed E-state index contributed by atoms with van der Waals surface area (Å²) in [7, 11) is 1.25. The van der Waals surface area contributed by atoms with Crippen molar-refractivity contribution in [2.45, 2.75) is 32.6 Å². The lowest BCUT2D eigenvalue weighted by Crippen LogP contribution is -2.15. The Labute approximate surface area is 174 Å². The topological polar surface area (TPSA) is 94.4 Å². The number of rotatable bonds is 3. The molecule has 0 aliphatic carbocycles. The van der Waals surface area contributed by atoms with Gasteiger partial charge in [-0.05, 0) is 49.5 Å². The average molecular weight is 422 g/mol. The third kappa shape index (κ3) is 6.64. The van der Waals surface area contributed by atoms with Gasteiger partial charge in [-0.25, -0.2) is 9.59 Å². The Bertz CT molecular complexity index is 844. The molecule has 0 fully saturated rings. The molecule has 1 aromatic carbocycles. The fraction of sp³-hybridized carbons (Fsp3) is 0.381. The number of aryl methyl sites for hydroxylation is 1. The molecule has 0 atom stereocenters. The smallest absolute Gasteiger partial charge is 0.346 e. The van der Waals surface area contributed by atoms with Gasteiger partial charge in [-0.2, -0.15) is 0 Å². The molecule has 8 heteroatoms. The van der Waals surface area contributed by atoms with Crippen LogP contribution in [0.5, 0.6) is 5.75 Å². The van der Waals surface area contributed by atoms with Crippen LogP contribution in [0, 0.1) is 6.92 Å². The van der Waals surface area contributed by atoms with Crippen LogP contribution in [0.4, 0.5) is 0 Å². The summed E-state index contributed by atoms with van der Waals surface area (Å²) >= 11 is 6.31. The Morgan fingerprint density at radius 1 is 1.28 bits per heavy atom. The Morgan fingerprint density at radius 2 is 2.00 bits per heavy atom. The highest BCUT2D eigenvalue weighted by atomic mass is 35.5. The van der Waals surface area contributed by atoms with Crippen molar-refractivity contribution < 1.29 is 29.0 Å². The molecule has 0 saturated heterocycles. The zero-order valence-electron chi connectivity index (χ0n) is 16.4. The van der Waals surface area contributed by atoms with E-state index in [0.717, 1.165) is 12.8 Å². The van der Waals surface area contributed by atoms with E-state index in [0.29, 0.717) is 23.3 Å². The number of benzene rings is 1. The number of carbonyl (C=O) groups is 2. The van der Waals surface area contributed by atoms with E-state index < -0.39 is 11.9 Å². The fourth-order valence-electron chi connectivity index (χ4n) is 2.76. The van der Waals surface area contributed by atoms with Crippen LogP contribution in [0.15, 0.2) is 35.5 Å². The first-order valence-corrected chi connectivity index (χ1v) is 9.57. The second kappa shape index (κ2) is 11.3. The minimum absolute atomic E-state index is 0.0450. The number of fused-ring (bicyclic) bond motifs is 1. The molecule has 1 aromatic rings. The number of methoxy groups -OCH3 is 1. The maximum absolute atomic E-state index is 12.7. The molecule has 0 radical (unpaired) electrons. The SMILES string of the molecule is COC(=O)CO/N=C1\C=C\CC/C=C/CCOC(=O)c2c(C)cc(O)c(Cl)c2C1. The molecule has 0 spiro atoms. The van der Waals surface area contributed by atoms with E-state index in [2.05, 4.69) is 9.89 Å². The van der Waals surface area contributed by atoms with Crippen LogP contribution in [-0.4, -0.2) is 43.1 Å². The molecule has 0 aromatic heterocycles. The number of hydrogen-bond acceptors (Lipinski definition) is 7. The monoisotopic (exact) mass is 421 g/mol. The Balaban J connectivity index is 2.45. The average Bonchev–Trinajstić information content (AvgIpc) is 2.69. The third-order valence-corrected chi connectivity index (χ3v) is 4.61. The molecule has 2 rings (SSSR count). The number of aromatic hydroxyl groups is 1. The number of halogens is 1. The van der Waals surface area contributed by atoms with Crippen molar-refractivity contribution in [1.82, 2.24) is 0 Å². The number of hydrogen-bond donors (Lipinski definition) is 1. The van der Waals surface area contributed by atoms with Gasteiger partial charge in [0, 0.05) is 6.42 Å². The Kier molecular flexibility index (Phi) is 8.73. The number of phenolic OH excluding ortho intramolecular Hbond substituents is 1. The van der Waals surface area contributed by atoms with Gasteiger partial charge in [0.1, 0.15) is 5.75 Å². The van der Waals surface area contributed by atoms with Gasteiger partial charge in [0.25, 0.3) is 0 Å². The van der Waals surface area contributed by atoms with Crippen LogP contribution in [0.2, 0.25) is 5.02 Å². The van der Waals surface area contributed by atoms with Gasteiger partial charge in [-0.3, -0.25) is 0 Å². The molecule has 0 unspecified atom stereocenters. The maximum Gasteiger partial charge on any atom is 0.346 e. The van der Waals surface area contributed by atoms with Crippen LogP contribution >= 0.6 is 11.6 Å². The second-order valence-electron chi connectivity index (χ2n) is 6.36. The predicted molar refractivity (Wildman–Crippen MR) is 109 cm³/mol. The molecule has 0 bridgehead atoms. The first-order valence-electron chi connectivity index (χ1n) is 9.19. The van der Waals surface area contributed by atoms with Crippen molar-refractivity contribution in [2.24, 2.45) is 5.16 Å². The van der Waals surface area contributed by atoms with Crippen LogP contribution < -0.4 is 0 Å². The van der Waals surface area contributed by atoms with E-state index in [4.69, 9.17) is 21.2 Å². The highest BCUT2D eigenvalue weighted by molar-refractivity contribution is 6.33. The molecular weight excluding hydrogens is 398 g/mol. The standard InChI is InChI=1S/C21H24ClNO6/c1-14-11-17(24)20(22)16-12-15(23-29-13-18(25)27-2)9-7-5-3-4-6-8-10-28-21(26)19(14)16/h4,6-7,9,11,24H,3,5,8,10,12-13H2,1-2H3/b6-4+,9-7+,23-15+. The minimum Gasteiger partial charge on any atom is -0.506 e. The normalized spacial score (nSPS) is 18.9. The molecule has 1 aliphatic rings. The summed E-state index contributed by atoms with van der Waals surface area (Å²) in [6.45, 7) is 1.59. The number of cyclic esters (lactones) is 1. The van der Waals surface area contributed by atoms with Gasteiger partial charge < -0.3 is 19.4 Å². The van der Waals surface area contributed by atoms with Gasteiger partial charge in [0.05, 0.1) is 30.0 Å². The number of esters is 2. The molecule has 0 amide bonds. The van der Waals surface area contributed by atoms with Crippen LogP contribution in [0.1, 0.15) is 40.7 Å². The van der Waals surface area contributed by atoms with Crippen molar-refractivity contribution in [1.29, 1.82) is 0 Å². The van der Waals surface area contributed by atoms with Crippen LogP contribution in [0.3, 0.4) is 0 Å². The van der Waals surface area contributed by atoms with E-state index >= 15 is 0 Å². The summed E-state index contributed by atoms with van der Waals surface area (Å²) in [4.78, 5) is 29.0. The van der Waals surface area contributed by atoms with Crippen LogP contribution in [-0.2, 0) is 25.5 Å². The van der Waals surface area contributed by atoms with E-state index in [1.807, 2.05) is 18.2 Å². The zero-order chi connectivity index (χ0) is 21.2. The first-order chi connectivity index (χ1) is 13.9. The van der Waals surface area contributed by atoms with Crippen molar-refractivity contribution in [3.8, 4) is 5.75 Å². The highest BCUT2D eigenvalue weighted by Crippen LogP contribution is 2.33. The van der Waals surface area contributed by atoms with E-state index in [9.17, 15) is 14.7 Å². The van der Waals surface area contributed by atoms with E-state index in [1.165, 1.54) is 13.2 Å². The molecule has 29 heavy (non-hydrogen) atoms. The van der Waals surface area contributed by atoms with E-state index in [1.54, 1.807) is 13.0 Å². The predicted octanol–water partition coefficient (Wildman–Crippen LogP) is 3.90. The van der Waals surface area contributed by atoms with Crippen molar-refractivity contribution in [3.63, 3.8) is 0 Å². The fourth-order valence-corrected chi connectivity index (χ4v) is 2.98. The van der Waals surface area contributed by atoms with Crippen molar-refractivity contribution in [3.05, 3.63) is 52.1 Å². The lowest BCUT2D eigenvalue weighted by atomic mass is 9.96. The Hall–Kier alpha value is -2.80. The van der Waals surface area contributed by atoms with Gasteiger partial charge in [0.15, 0.2) is 0 Å².